The summed E-state index contributed by atoms with van der Waals surface area (Å²) in [5, 5.41) is 9.93. The molecule has 1 fully saturated rings. The van der Waals surface area contributed by atoms with Crippen molar-refractivity contribution in [2.24, 2.45) is 5.14 Å². The van der Waals surface area contributed by atoms with Crippen molar-refractivity contribution in [3.63, 3.8) is 0 Å². The second kappa shape index (κ2) is 9.81. The van der Waals surface area contributed by atoms with Gasteiger partial charge in [-0.25, -0.2) is 27.0 Å². The maximum absolute atomic E-state index is 13.3. The quantitative estimate of drug-likeness (QED) is 0.409. The molecule has 186 valence electrons. The molecule has 36 heavy (non-hydrogen) atoms. The highest BCUT2D eigenvalue weighted by molar-refractivity contribution is 7.89. The second-order valence-corrected chi connectivity index (χ2v) is 10.00. The Hall–Kier alpha value is -3.60. The Bertz CT molecular complexity index is 1460. The summed E-state index contributed by atoms with van der Waals surface area (Å²) in [6, 6.07) is 22.0. The van der Waals surface area contributed by atoms with Gasteiger partial charge in [0.2, 0.25) is 10.0 Å². The lowest BCUT2D eigenvalue weighted by Gasteiger charge is -2.28. The van der Waals surface area contributed by atoms with Crippen LogP contribution in [0.25, 0.3) is 28.2 Å². The summed E-state index contributed by atoms with van der Waals surface area (Å²) in [5.41, 5.74) is 4.26. The van der Waals surface area contributed by atoms with Crippen LogP contribution in [0.3, 0.4) is 0 Å². The van der Waals surface area contributed by atoms with Gasteiger partial charge in [0, 0.05) is 35.5 Å². The summed E-state index contributed by atoms with van der Waals surface area (Å²) < 4.78 is 57.1. The Morgan fingerprint density at radius 2 is 1.53 bits per heavy atom. The maximum Gasteiger partial charge on any atom is 0.263 e. The van der Waals surface area contributed by atoms with Crippen molar-refractivity contribution >= 4 is 15.7 Å². The number of nitrogens with zero attached hydrogens (tertiary/aromatic N) is 3. The van der Waals surface area contributed by atoms with Crippen molar-refractivity contribution in [1.82, 2.24) is 9.78 Å². The molecule has 7 nitrogen and oxygen atoms in total. The molecule has 5 rings (SSSR count). The molecule has 2 heterocycles. The first kappa shape index (κ1) is 24.1. The molecule has 0 radical (unpaired) electrons. The van der Waals surface area contributed by atoms with E-state index in [0.717, 1.165) is 30.0 Å². The fourth-order valence-corrected chi connectivity index (χ4v) is 4.72. The van der Waals surface area contributed by atoms with E-state index in [1.165, 1.54) is 24.3 Å². The average Bonchev–Trinajstić information content (AvgIpc) is 3.35. The van der Waals surface area contributed by atoms with E-state index in [9.17, 15) is 17.2 Å². The lowest BCUT2D eigenvalue weighted by molar-refractivity contribution is 0.122. The minimum absolute atomic E-state index is 0.0142. The number of hydrogen-bond acceptors (Lipinski definition) is 5. The highest BCUT2D eigenvalue weighted by atomic mass is 32.2. The molecule has 4 aromatic rings. The fourth-order valence-electron chi connectivity index (χ4n) is 4.20. The van der Waals surface area contributed by atoms with Crippen LogP contribution in [0.5, 0.6) is 0 Å². The van der Waals surface area contributed by atoms with Crippen molar-refractivity contribution in [3.05, 3.63) is 84.4 Å². The molecule has 0 bridgehead atoms. The lowest BCUT2D eigenvalue weighted by atomic mass is 10.1. The van der Waals surface area contributed by atoms with Crippen LogP contribution in [0.1, 0.15) is 12.0 Å². The Morgan fingerprint density at radius 1 is 0.861 bits per heavy atom. The van der Waals surface area contributed by atoms with Crippen molar-refractivity contribution in [3.8, 4) is 28.2 Å². The largest absolute Gasteiger partial charge is 0.378 e. The number of halogens is 2. The molecule has 0 aliphatic carbocycles. The Labute approximate surface area is 207 Å². The molecule has 3 aromatic carbocycles. The van der Waals surface area contributed by atoms with Crippen LogP contribution in [-0.4, -0.2) is 44.5 Å². The summed E-state index contributed by atoms with van der Waals surface area (Å²) >= 11 is 0. The van der Waals surface area contributed by atoms with Crippen molar-refractivity contribution in [2.75, 3.05) is 31.2 Å². The van der Waals surface area contributed by atoms with Gasteiger partial charge in [0.1, 0.15) is 0 Å². The number of anilines is 1. The number of alkyl halides is 2. The van der Waals surface area contributed by atoms with Crippen molar-refractivity contribution in [2.45, 2.75) is 11.3 Å². The molecule has 0 atom stereocenters. The van der Waals surface area contributed by atoms with Gasteiger partial charge in [0.05, 0.1) is 35.2 Å². The Balaban J connectivity index is 1.58. The summed E-state index contributed by atoms with van der Waals surface area (Å²) in [7, 11) is -3.84. The van der Waals surface area contributed by atoms with Crippen molar-refractivity contribution < 1.29 is 21.9 Å². The standard InChI is InChI=1S/C26H24F2N4O3S/c27-26(28)20-3-1-2-19(16-20)24-17-25(18-4-6-21(7-5-18)31-12-14-35-15-13-31)32(30-24)22-8-10-23(11-9-22)36(29,33)34/h1-11,16-17,26H,12-15H2,(H2,29,33,34). The van der Waals surface area contributed by atoms with E-state index in [1.807, 2.05) is 30.3 Å². The van der Waals surface area contributed by atoms with Crippen molar-refractivity contribution in [1.29, 1.82) is 0 Å². The van der Waals surface area contributed by atoms with Gasteiger partial charge in [-0.05, 0) is 48.5 Å². The summed E-state index contributed by atoms with van der Waals surface area (Å²) in [6.07, 6.45) is -2.59. The van der Waals surface area contributed by atoms with Crippen LogP contribution >= 0.6 is 0 Å². The van der Waals surface area contributed by atoms with Crippen LogP contribution in [0.15, 0.2) is 83.8 Å². The third-order valence-corrected chi connectivity index (χ3v) is 7.02. The number of rotatable bonds is 6. The predicted molar refractivity (Wildman–Crippen MR) is 134 cm³/mol. The van der Waals surface area contributed by atoms with Gasteiger partial charge >= 0.3 is 0 Å². The Kier molecular flexibility index (Phi) is 6.57. The molecular formula is C26H24F2N4O3S. The van der Waals surface area contributed by atoms with E-state index < -0.39 is 16.4 Å². The molecule has 1 aromatic heterocycles. The van der Waals surface area contributed by atoms with E-state index >= 15 is 0 Å². The number of ether oxygens (including phenoxy) is 1. The molecule has 1 aliphatic heterocycles. The first-order valence-corrected chi connectivity index (χ1v) is 12.9. The minimum atomic E-state index is -3.84. The van der Waals surface area contributed by atoms with Crippen LogP contribution in [-0.2, 0) is 14.8 Å². The molecule has 1 saturated heterocycles. The maximum atomic E-state index is 13.3. The highest BCUT2D eigenvalue weighted by Gasteiger charge is 2.17. The van der Waals surface area contributed by atoms with Gasteiger partial charge in [0.15, 0.2) is 0 Å². The zero-order valence-corrected chi connectivity index (χ0v) is 20.0. The topological polar surface area (TPSA) is 90.5 Å². The number of sulfonamides is 1. The molecular weight excluding hydrogens is 486 g/mol. The highest BCUT2D eigenvalue weighted by Crippen LogP contribution is 2.32. The number of primary sulfonamides is 1. The van der Waals surface area contributed by atoms with E-state index in [0.29, 0.717) is 30.2 Å². The van der Waals surface area contributed by atoms with E-state index in [1.54, 1.807) is 28.9 Å². The summed E-state index contributed by atoms with van der Waals surface area (Å²) in [6.45, 7) is 3.00. The van der Waals surface area contributed by atoms with Crippen LogP contribution in [0.2, 0.25) is 0 Å². The van der Waals surface area contributed by atoms with Gasteiger partial charge in [-0.3, -0.25) is 0 Å². The van der Waals surface area contributed by atoms with Gasteiger partial charge in [-0.1, -0.05) is 30.3 Å². The lowest BCUT2D eigenvalue weighted by Crippen LogP contribution is -2.36. The predicted octanol–water partition coefficient (Wildman–Crippen LogP) is 4.63. The van der Waals surface area contributed by atoms with Crippen LogP contribution in [0.4, 0.5) is 14.5 Å². The van der Waals surface area contributed by atoms with Gasteiger partial charge in [-0.15, -0.1) is 0 Å². The minimum Gasteiger partial charge on any atom is -0.378 e. The third-order valence-electron chi connectivity index (χ3n) is 6.09. The van der Waals surface area contributed by atoms with E-state index in [2.05, 4.69) is 4.90 Å². The SMILES string of the molecule is NS(=O)(=O)c1ccc(-n2nc(-c3cccc(C(F)F)c3)cc2-c2ccc(N3CCOCC3)cc2)cc1. The molecule has 2 N–H and O–H groups in total. The molecule has 0 amide bonds. The average molecular weight is 511 g/mol. The normalized spacial score (nSPS) is 14.4. The Morgan fingerprint density at radius 3 is 2.17 bits per heavy atom. The first-order valence-electron chi connectivity index (χ1n) is 11.3. The molecule has 0 saturated carbocycles. The van der Waals surface area contributed by atoms with Gasteiger partial charge in [0.25, 0.3) is 6.43 Å². The number of nitrogens with two attached hydrogens (primary N) is 1. The zero-order chi connectivity index (χ0) is 25.3. The van der Waals surface area contributed by atoms with E-state index in [4.69, 9.17) is 15.0 Å². The molecule has 1 aliphatic rings. The molecule has 0 spiro atoms. The molecule has 0 unspecified atom stereocenters. The smallest absolute Gasteiger partial charge is 0.263 e. The number of morpholine rings is 1. The monoisotopic (exact) mass is 510 g/mol. The van der Waals surface area contributed by atoms with Gasteiger partial charge in [-0.2, -0.15) is 5.10 Å². The van der Waals surface area contributed by atoms with Gasteiger partial charge < -0.3 is 9.64 Å². The summed E-state index contributed by atoms with van der Waals surface area (Å²) in [4.78, 5) is 2.23. The number of aromatic nitrogens is 2. The van der Waals surface area contributed by atoms with Crippen LogP contribution < -0.4 is 10.0 Å². The fraction of sp³-hybridized carbons (Fsp3) is 0.192. The molecule has 10 heteroatoms. The third kappa shape index (κ3) is 5.01. The zero-order valence-electron chi connectivity index (χ0n) is 19.2. The first-order chi connectivity index (χ1) is 17.3. The summed E-state index contributed by atoms with van der Waals surface area (Å²) in [5.74, 6) is 0. The number of hydrogen-bond donors (Lipinski definition) is 1. The van der Waals surface area contributed by atoms with E-state index in [-0.39, 0.29) is 10.5 Å². The second-order valence-electron chi connectivity index (χ2n) is 8.44. The van der Waals surface area contributed by atoms with Crippen LogP contribution in [0, 0.1) is 0 Å². The number of benzene rings is 3.